The van der Waals surface area contributed by atoms with Gasteiger partial charge in [0.25, 0.3) is 0 Å². The Balaban J connectivity index is 2.11. The van der Waals surface area contributed by atoms with E-state index in [-0.39, 0.29) is 11.3 Å². The van der Waals surface area contributed by atoms with Crippen molar-refractivity contribution in [2.75, 3.05) is 18.4 Å². The summed E-state index contributed by atoms with van der Waals surface area (Å²) in [5.41, 5.74) is 0.707. The highest BCUT2D eigenvalue weighted by molar-refractivity contribution is 5.94. The van der Waals surface area contributed by atoms with Crippen molar-refractivity contribution in [2.24, 2.45) is 5.41 Å². The molecular formula is C15H23N3O. The van der Waals surface area contributed by atoms with Gasteiger partial charge in [-0.2, -0.15) is 0 Å². The molecule has 1 saturated heterocycles. The monoisotopic (exact) mass is 261 g/mol. The minimum Gasteiger partial charge on any atom is -0.317 e. The summed E-state index contributed by atoms with van der Waals surface area (Å²) in [5.74, 6) is 0.799. The fourth-order valence-corrected chi connectivity index (χ4v) is 2.84. The van der Waals surface area contributed by atoms with Gasteiger partial charge in [0.15, 0.2) is 0 Å². The number of aryl methyl sites for hydroxylation is 1. The van der Waals surface area contributed by atoms with Crippen LogP contribution in [0.15, 0.2) is 18.2 Å². The molecule has 0 radical (unpaired) electrons. The predicted octanol–water partition coefficient (Wildman–Crippen LogP) is 2.50. The molecule has 1 aromatic heterocycles. The van der Waals surface area contributed by atoms with E-state index in [4.69, 9.17) is 0 Å². The van der Waals surface area contributed by atoms with Crippen LogP contribution in [0.1, 0.15) is 38.3 Å². The number of hydrogen-bond acceptors (Lipinski definition) is 3. The molecule has 0 aromatic carbocycles. The molecule has 1 aliphatic heterocycles. The van der Waals surface area contributed by atoms with Crippen LogP contribution in [0.25, 0.3) is 0 Å². The highest BCUT2D eigenvalue weighted by Crippen LogP contribution is 2.35. The van der Waals surface area contributed by atoms with Crippen molar-refractivity contribution in [1.29, 1.82) is 0 Å². The lowest BCUT2D eigenvalue weighted by Crippen LogP contribution is -2.45. The van der Waals surface area contributed by atoms with Gasteiger partial charge in [0.2, 0.25) is 5.91 Å². The van der Waals surface area contributed by atoms with E-state index in [1.54, 1.807) is 0 Å². The fraction of sp³-hybridized carbons (Fsp3) is 0.600. The maximum atomic E-state index is 12.6. The van der Waals surface area contributed by atoms with E-state index in [0.717, 1.165) is 44.5 Å². The number of carbonyl (C=O) groups is 1. The summed E-state index contributed by atoms with van der Waals surface area (Å²) in [4.78, 5) is 17.0. The van der Waals surface area contributed by atoms with Gasteiger partial charge in [0.05, 0.1) is 5.41 Å². The standard InChI is InChI=1S/C15H23N3O/c1-3-7-15(8-10-16-11-9-15)14(19)18-13-6-4-5-12(2)17-13/h4-6,16H,3,7-11H2,1-2H3,(H,17,18,19). The summed E-state index contributed by atoms with van der Waals surface area (Å²) < 4.78 is 0. The number of pyridine rings is 1. The molecule has 1 amide bonds. The third-order valence-corrected chi connectivity index (χ3v) is 3.90. The summed E-state index contributed by atoms with van der Waals surface area (Å²) in [6.07, 6.45) is 3.82. The average molecular weight is 261 g/mol. The van der Waals surface area contributed by atoms with Crippen LogP contribution in [0.3, 0.4) is 0 Å². The molecule has 0 unspecified atom stereocenters. The Morgan fingerprint density at radius 2 is 2.16 bits per heavy atom. The van der Waals surface area contributed by atoms with Gasteiger partial charge in [0.1, 0.15) is 5.82 Å². The third-order valence-electron chi connectivity index (χ3n) is 3.90. The smallest absolute Gasteiger partial charge is 0.231 e. The molecule has 2 N–H and O–H groups in total. The minimum atomic E-state index is -0.217. The van der Waals surface area contributed by atoms with Crippen molar-refractivity contribution in [2.45, 2.75) is 39.5 Å². The molecule has 1 aromatic rings. The highest BCUT2D eigenvalue weighted by Gasteiger charge is 2.38. The number of aromatic nitrogens is 1. The second-order valence-electron chi connectivity index (χ2n) is 5.40. The molecule has 1 aliphatic rings. The first-order chi connectivity index (χ1) is 9.16. The van der Waals surface area contributed by atoms with E-state index < -0.39 is 0 Å². The molecule has 0 aliphatic carbocycles. The van der Waals surface area contributed by atoms with Gasteiger partial charge in [-0.05, 0) is 51.4 Å². The quantitative estimate of drug-likeness (QED) is 0.875. The molecule has 1 fully saturated rings. The van der Waals surface area contributed by atoms with E-state index in [1.165, 1.54) is 0 Å². The van der Waals surface area contributed by atoms with Gasteiger partial charge in [-0.1, -0.05) is 19.4 Å². The van der Waals surface area contributed by atoms with E-state index in [1.807, 2.05) is 25.1 Å². The Morgan fingerprint density at radius 3 is 2.79 bits per heavy atom. The normalized spacial score (nSPS) is 18.0. The van der Waals surface area contributed by atoms with Crippen LogP contribution in [0.5, 0.6) is 0 Å². The largest absolute Gasteiger partial charge is 0.317 e. The number of anilines is 1. The zero-order valence-electron chi connectivity index (χ0n) is 11.8. The number of nitrogens with one attached hydrogen (secondary N) is 2. The van der Waals surface area contributed by atoms with E-state index in [2.05, 4.69) is 22.5 Å². The van der Waals surface area contributed by atoms with Crippen molar-refractivity contribution in [1.82, 2.24) is 10.3 Å². The van der Waals surface area contributed by atoms with Crippen LogP contribution in [0, 0.1) is 12.3 Å². The van der Waals surface area contributed by atoms with Crippen LogP contribution in [-0.2, 0) is 4.79 Å². The first-order valence-electron chi connectivity index (χ1n) is 7.12. The lowest BCUT2D eigenvalue weighted by molar-refractivity contribution is -0.127. The maximum absolute atomic E-state index is 12.6. The van der Waals surface area contributed by atoms with Crippen LogP contribution < -0.4 is 10.6 Å². The van der Waals surface area contributed by atoms with Crippen LogP contribution in [0.4, 0.5) is 5.82 Å². The van der Waals surface area contributed by atoms with Crippen LogP contribution in [-0.4, -0.2) is 24.0 Å². The van der Waals surface area contributed by atoms with Crippen LogP contribution in [0.2, 0.25) is 0 Å². The molecule has 4 heteroatoms. The predicted molar refractivity (Wildman–Crippen MR) is 77.0 cm³/mol. The SMILES string of the molecule is CCCC1(C(=O)Nc2cccc(C)n2)CCNCC1. The number of piperidine rings is 1. The van der Waals surface area contributed by atoms with Crippen molar-refractivity contribution in [3.8, 4) is 0 Å². The first-order valence-corrected chi connectivity index (χ1v) is 7.12. The van der Waals surface area contributed by atoms with Crippen LogP contribution >= 0.6 is 0 Å². The van der Waals surface area contributed by atoms with Gasteiger partial charge >= 0.3 is 0 Å². The Morgan fingerprint density at radius 1 is 1.42 bits per heavy atom. The van der Waals surface area contributed by atoms with Crippen molar-refractivity contribution in [3.05, 3.63) is 23.9 Å². The Hall–Kier alpha value is -1.42. The van der Waals surface area contributed by atoms with Gasteiger partial charge in [0, 0.05) is 5.69 Å². The number of carbonyl (C=O) groups excluding carboxylic acids is 1. The molecule has 104 valence electrons. The van der Waals surface area contributed by atoms with E-state index in [9.17, 15) is 4.79 Å². The molecule has 0 saturated carbocycles. The Kier molecular flexibility index (Phi) is 4.53. The molecule has 4 nitrogen and oxygen atoms in total. The van der Waals surface area contributed by atoms with Gasteiger partial charge < -0.3 is 10.6 Å². The second-order valence-corrected chi connectivity index (χ2v) is 5.40. The van der Waals surface area contributed by atoms with Gasteiger partial charge in [-0.15, -0.1) is 0 Å². The Labute approximate surface area is 115 Å². The molecular weight excluding hydrogens is 238 g/mol. The maximum Gasteiger partial charge on any atom is 0.231 e. The molecule has 0 atom stereocenters. The average Bonchev–Trinajstić information content (AvgIpc) is 2.40. The highest BCUT2D eigenvalue weighted by atomic mass is 16.2. The fourth-order valence-electron chi connectivity index (χ4n) is 2.84. The molecule has 0 bridgehead atoms. The second kappa shape index (κ2) is 6.15. The molecule has 0 spiro atoms. The topological polar surface area (TPSA) is 54.0 Å². The lowest BCUT2D eigenvalue weighted by Gasteiger charge is -2.36. The number of amides is 1. The van der Waals surface area contributed by atoms with E-state index >= 15 is 0 Å². The van der Waals surface area contributed by atoms with Gasteiger partial charge in [-0.3, -0.25) is 4.79 Å². The third kappa shape index (κ3) is 3.32. The first kappa shape index (κ1) is 14.0. The van der Waals surface area contributed by atoms with Gasteiger partial charge in [-0.25, -0.2) is 4.98 Å². The zero-order chi connectivity index (χ0) is 13.7. The summed E-state index contributed by atoms with van der Waals surface area (Å²) >= 11 is 0. The van der Waals surface area contributed by atoms with Crippen molar-refractivity contribution < 1.29 is 4.79 Å². The molecule has 2 heterocycles. The number of nitrogens with zero attached hydrogens (tertiary/aromatic N) is 1. The van der Waals surface area contributed by atoms with Crippen molar-refractivity contribution in [3.63, 3.8) is 0 Å². The summed E-state index contributed by atoms with van der Waals surface area (Å²) in [7, 11) is 0. The number of rotatable bonds is 4. The van der Waals surface area contributed by atoms with E-state index in [0.29, 0.717) is 5.82 Å². The molecule has 2 rings (SSSR count). The summed E-state index contributed by atoms with van der Waals surface area (Å²) in [6.45, 7) is 5.92. The molecule has 19 heavy (non-hydrogen) atoms. The van der Waals surface area contributed by atoms with Crippen molar-refractivity contribution >= 4 is 11.7 Å². The lowest BCUT2D eigenvalue weighted by atomic mass is 9.74. The Bertz CT molecular complexity index is 433. The zero-order valence-corrected chi connectivity index (χ0v) is 11.8. The minimum absolute atomic E-state index is 0.133. The summed E-state index contributed by atoms with van der Waals surface area (Å²) in [5, 5.41) is 6.33. The number of hydrogen-bond donors (Lipinski definition) is 2. The summed E-state index contributed by atoms with van der Waals surface area (Å²) in [6, 6.07) is 5.71.